The predicted molar refractivity (Wildman–Crippen MR) is 133 cm³/mol. The lowest BCUT2D eigenvalue weighted by Crippen LogP contribution is -2.59. The zero-order valence-electron chi connectivity index (χ0n) is 19.8. The van der Waals surface area contributed by atoms with E-state index in [1.54, 1.807) is 0 Å². The number of amides is 1. The third-order valence-electron chi connectivity index (χ3n) is 7.73. The summed E-state index contributed by atoms with van der Waals surface area (Å²) in [6.07, 6.45) is 14.9. The highest BCUT2D eigenvalue weighted by atomic mass is 16.2. The molecule has 1 N–H and O–H groups in total. The van der Waals surface area contributed by atoms with Crippen LogP contribution >= 0.6 is 0 Å². The maximum atomic E-state index is 12.8. The second kappa shape index (κ2) is 12.0. The maximum Gasteiger partial charge on any atom is 0.234 e. The molecule has 2 aliphatic heterocycles. The summed E-state index contributed by atoms with van der Waals surface area (Å²) in [7, 11) is 0. The van der Waals surface area contributed by atoms with Gasteiger partial charge in [-0.2, -0.15) is 0 Å². The first kappa shape index (κ1) is 23.5. The van der Waals surface area contributed by atoms with Gasteiger partial charge in [-0.05, 0) is 44.3 Å². The quantitative estimate of drug-likeness (QED) is 0.673. The van der Waals surface area contributed by atoms with Gasteiger partial charge in [-0.25, -0.2) is 0 Å². The zero-order chi connectivity index (χ0) is 22.1. The largest absolute Gasteiger partial charge is 0.353 e. The highest BCUT2D eigenvalue weighted by Crippen LogP contribution is 2.35. The summed E-state index contributed by atoms with van der Waals surface area (Å²) in [5.41, 5.74) is 1.47. The summed E-state index contributed by atoms with van der Waals surface area (Å²) in [4.78, 5) is 20.3. The molecule has 4 rings (SSSR count). The third kappa shape index (κ3) is 6.66. The molecule has 1 aromatic rings. The number of nitrogens with zero attached hydrogens (tertiary/aromatic N) is 3. The standard InChI is InChI=1S/C27H42N4O/c32-26(28-24-27(14-6-2-7-15-27)31-17-8-3-9-18-31)23-30-21-19-29(20-22-30)16-10-13-25-11-4-1-5-12-25/h1,4-5,10-13H,2-3,6-9,14-24H2,(H,28,32)/b13-10+. The molecule has 0 aromatic heterocycles. The Morgan fingerprint density at radius 1 is 0.844 bits per heavy atom. The molecule has 5 nitrogen and oxygen atoms in total. The topological polar surface area (TPSA) is 38.8 Å². The number of piperidine rings is 1. The Morgan fingerprint density at radius 2 is 1.50 bits per heavy atom. The Labute approximate surface area is 194 Å². The molecule has 0 unspecified atom stereocenters. The van der Waals surface area contributed by atoms with Crippen molar-refractivity contribution in [2.45, 2.75) is 56.9 Å². The van der Waals surface area contributed by atoms with Gasteiger partial charge in [0, 0.05) is 44.8 Å². The minimum Gasteiger partial charge on any atom is -0.353 e. The van der Waals surface area contributed by atoms with Crippen molar-refractivity contribution < 1.29 is 4.79 Å². The van der Waals surface area contributed by atoms with Gasteiger partial charge in [0.2, 0.25) is 5.91 Å². The lowest BCUT2D eigenvalue weighted by molar-refractivity contribution is -0.123. The van der Waals surface area contributed by atoms with E-state index in [1.165, 1.54) is 70.0 Å². The number of piperazine rings is 1. The van der Waals surface area contributed by atoms with E-state index in [4.69, 9.17) is 0 Å². The van der Waals surface area contributed by atoms with Gasteiger partial charge in [0.05, 0.1) is 6.54 Å². The lowest BCUT2D eigenvalue weighted by Gasteiger charge is -2.48. The lowest BCUT2D eigenvalue weighted by atomic mass is 9.79. The van der Waals surface area contributed by atoms with Crippen molar-refractivity contribution in [3.05, 3.63) is 42.0 Å². The van der Waals surface area contributed by atoms with E-state index in [-0.39, 0.29) is 11.4 Å². The number of nitrogens with one attached hydrogen (secondary N) is 1. The fourth-order valence-electron chi connectivity index (χ4n) is 5.74. The van der Waals surface area contributed by atoms with Crippen molar-refractivity contribution in [2.75, 3.05) is 58.9 Å². The summed E-state index contributed by atoms with van der Waals surface area (Å²) in [6.45, 7) is 8.82. The summed E-state index contributed by atoms with van der Waals surface area (Å²) in [5.74, 6) is 0.212. The summed E-state index contributed by atoms with van der Waals surface area (Å²) in [5, 5.41) is 3.35. The Bertz CT molecular complexity index is 714. The van der Waals surface area contributed by atoms with E-state index in [0.29, 0.717) is 6.54 Å². The number of hydrogen-bond donors (Lipinski definition) is 1. The molecule has 0 atom stereocenters. The minimum atomic E-state index is 0.212. The molecule has 0 radical (unpaired) electrons. The highest BCUT2D eigenvalue weighted by molar-refractivity contribution is 5.78. The van der Waals surface area contributed by atoms with Crippen LogP contribution < -0.4 is 5.32 Å². The molecule has 1 aliphatic carbocycles. The van der Waals surface area contributed by atoms with Crippen LogP contribution in [0.4, 0.5) is 0 Å². The van der Waals surface area contributed by atoms with Crippen LogP contribution in [-0.2, 0) is 4.79 Å². The molecule has 1 amide bonds. The van der Waals surface area contributed by atoms with Crippen LogP contribution in [0.5, 0.6) is 0 Å². The maximum absolute atomic E-state index is 12.8. The normalized spacial score (nSPS) is 23.4. The van der Waals surface area contributed by atoms with Crippen molar-refractivity contribution in [3.63, 3.8) is 0 Å². The molecule has 0 spiro atoms. The molecule has 2 heterocycles. The monoisotopic (exact) mass is 438 g/mol. The third-order valence-corrected chi connectivity index (χ3v) is 7.73. The van der Waals surface area contributed by atoms with E-state index in [2.05, 4.69) is 62.5 Å². The molecule has 3 aliphatic rings. The average Bonchev–Trinajstić information content (AvgIpc) is 2.86. The van der Waals surface area contributed by atoms with E-state index < -0.39 is 0 Å². The van der Waals surface area contributed by atoms with Crippen molar-refractivity contribution >= 4 is 12.0 Å². The van der Waals surface area contributed by atoms with E-state index in [0.717, 1.165) is 39.3 Å². The van der Waals surface area contributed by atoms with Crippen LogP contribution in [0.15, 0.2) is 36.4 Å². The van der Waals surface area contributed by atoms with Crippen LogP contribution in [0.25, 0.3) is 6.08 Å². The van der Waals surface area contributed by atoms with Crippen molar-refractivity contribution in [1.29, 1.82) is 0 Å². The number of rotatable bonds is 8. The highest BCUT2D eigenvalue weighted by Gasteiger charge is 2.38. The Hall–Kier alpha value is -1.69. The van der Waals surface area contributed by atoms with E-state index in [1.807, 2.05) is 0 Å². The van der Waals surface area contributed by atoms with Crippen molar-refractivity contribution in [2.24, 2.45) is 0 Å². The van der Waals surface area contributed by atoms with Crippen LogP contribution in [-0.4, -0.2) is 85.0 Å². The Balaban J connectivity index is 1.18. The van der Waals surface area contributed by atoms with Gasteiger partial charge < -0.3 is 5.32 Å². The molecule has 3 fully saturated rings. The van der Waals surface area contributed by atoms with Gasteiger partial charge >= 0.3 is 0 Å². The van der Waals surface area contributed by atoms with Crippen LogP contribution in [0, 0.1) is 0 Å². The number of benzene rings is 1. The van der Waals surface area contributed by atoms with Gasteiger partial charge in [-0.15, -0.1) is 0 Å². The smallest absolute Gasteiger partial charge is 0.234 e. The molecule has 1 aromatic carbocycles. The van der Waals surface area contributed by atoms with E-state index >= 15 is 0 Å². The SMILES string of the molecule is O=C(CN1CCN(C/C=C/c2ccccc2)CC1)NCC1(N2CCCCC2)CCCCC1. The molecular weight excluding hydrogens is 396 g/mol. The fraction of sp³-hybridized carbons (Fsp3) is 0.667. The van der Waals surface area contributed by atoms with Crippen LogP contribution in [0.1, 0.15) is 56.9 Å². The van der Waals surface area contributed by atoms with E-state index in [9.17, 15) is 4.79 Å². The zero-order valence-corrected chi connectivity index (χ0v) is 19.8. The Kier molecular flexibility index (Phi) is 8.77. The molecule has 5 heteroatoms. The van der Waals surface area contributed by atoms with Crippen molar-refractivity contribution in [3.8, 4) is 0 Å². The molecule has 1 saturated carbocycles. The Morgan fingerprint density at radius 3 is 2.22 bits per heavy atom. The minimum absolute atomic E-state index is 0.212. The average molecular weight is 439 g/mol. The van der Waals surface area contributed by atoms with Crippen LogP contribution in [0.3, 0.4) is 0 Å². The predicted octanol–water partition coefficient (Wildman–Crippen LogP) is 3.62. The van der Waals surface area contributed by atoms with Crippen molar-refractivity contribution in [1.82, 2.24) is 20.0 Å². The van der Waals surface area contributed by atoms with Gasteiger partial charge in [-0.1, -0.05) is 68.2 Å². The first-order valence-corrected chi connectivity index (χ1v) is 12.9. The van der Waals surface area contributed by atoms with Gasteiger partial charge in [0.25, 0.3) is 0 Å². The number of carbonyl (C=O) groups excluding carboxylic acids is 1. The van der Waals surface area contributed by atoms with Gasteiger partial charge in [0.15, 0.2) is 0 Å². The molecule has 176 valence electrons. The van der Waals surface area contributed by atoms with Crippen LogP contribution in [0.2, 0.25) is 0 Å². The fourth-order valence-corrected chi connectivity index (χ4v) is 5.74. The molecule has 2 saturated heterocycles. The number of likely N-dealkylation sites (tertiary alicyclic amines) is 1. The first-order valence-electron chi connectivity index (χ1n) is 12.9. The second-order valence-electron chi connectivity index (χ2n) is 10.00. The summed E-state index contributed by atoms with van der Waals surface area (Å²) < 4.78 is 0. The second-order valence-corrected chi connectivity index (χ2v) is 10.00. The first-order chi connectivity index (χ1) is 15.7. The number of hydrogen-bond acceptors (Lipinski definition) is 4. The summed E-state index contributed by atoms with van der Waals surface area (Å²) in [6, 6.07) is 10.5. The van der Waals surface area contributed by atoms with Gasteiger partial charge in [0.1, 0.15) is 0 Å². The molecule has 32 heavy (non-hydrogen) atoms. The van der Waals surface area contributed by atoms with Gasteiger partial charge in [-0.3, -0.25) is 19.5 Å². The molecule has 0 bridgehead atoms. The number of carbonyl (C=O) groups is 1. The summed E-state index contributed by atoms with van der Waals surface area (Å²) >= 11 is 0. The molecular formula is C27H42N4O.